The fourth-order valence-corrected chi connectivity index (χ4v) is 7.82. The van der Waals surface area contributed by atoms with Crippen LogP contribution >= 0.6 is 35.4 Å². The average Bonchev–Trinajstić information content (AvgIpc) is 3.45. The van der Waals surface area contributed by atoms with Gasteiger partial charge in [-0.2, -0.15) is 0 Å². The summed E-state index contributed by atoms with van der Waals surface area (Å²) in [5, 5.41) is 5.76. The molecule has 0 aliphatic carbocycles. The summed E-state index contributed by atoms with van der Waals surface area (Å²) in [6.45, 7) is 13.1. The molecule has 2 aliphatic rings. The summed E-state index contributed by atoms with van der Waals surface area (Å²) in [7, 11) is 0. The summed E-state index contributed by atoms with van der Waals surface area (Å²) in [4.78, 5) is 9.39. The second-order valence-corrected chi connectivity index (χ2v) is 13.2. The van der Waals surface area contributed by atoms with Gasteiger partial charge in [-0.25, -0.2) is 0 Å². The number of piperidine rings is 1. The molecule has 2 aliphatic heterocycles. The lowest BCUT2D eigenvalue weighted by atomic mass is 9.91. The smallest absolute Gasteiger partial charge is 0.174 e. The van der Waals surface area contributed by atoms with Crippen molar-refractivity contribution in [3.05, 3.63) is 105 Å². The molecule has 4 aromatic rings. The van der Waals surface area contributed by atoms with Crippen LogP contribution in [-0.4, -0.2) is 27.8 Å². The highest BCUT2D eigenvalue weighted by atomic mass is 35.5. The summed E-state index contributed by atoms with van der Waals surface area (Å²) in [6, 6.07) is 20.5. The number of nitrogens with one attached hydrogen (secondary N) is 1. The van der Waals surface area contributed by atoms with Crippen LogP contribution in [0.3, 0.4) is 0 Å². The van der Waals surface area contributed by atoms with E-state index in [1.54, 1.807) is 0 Å². The molecule has 218 valence electrons. The second kappa shape index (κ2) is 11.6. The standard InChI is InChI=1S/C34H37Cl2N5S/c1-20-15-21(2)19-39(18-20)31-13-12-25(17-28(31)36)41-33(32(38-34(41)42)29-10-6-7-14-37-29)26-16-22(3)40(24(26)5)30-11-8-9-27(35)23(30)4/h6-14,16-17,20-21,32-33H,15,18-19H2,1-5H3,(H,38,42)/t20-,21+,32-,33-/m0/s1. The minimum atomic E-state index is -0.143. The fraction of sp³-hybridized carbons (Fsp3) is 0.353. The fourth-order valence-electron chi connectivity index (χ4n) is 7.01. The Balaban J connectivity index is 1.45. The normalized spacial score (nSPS) is 22.5. The van der Waals surface area contributed by atoms with Gasteiger partial charge < -0.3 is 19.7 Å². The van der Waals surface area contributed by atoms with E-state index in [9.17, 15) is 0 Å². The molecule has 2 saturated heterocycles. The van der Waals surface area contributed by atoms with Crippen molar-refractivity contribution < 1.29 is 0 Å². The molecule has 0 unspecified atom stereocenters. The maximum Gasteiger partial charge on any atom is 0.174 e. The zero-order chi connectivity index (χ0) is 29.7. The first kappa shape index (κ1) is 29.0. The molecule has 2 aromatic heterocycles. The van der Waals surface area contributed by atoms with Crippen molar-refractivity contribution >= 4 is 51.9 Å². The number of aryl methyl sites for hydroxylation is 1. The third-order valence-corrected chi connectivity index (χ3v) is 9.81. The van der Waals surface area contributed by atoms with Gasteiger partial charge in [0, 0.05) is 47.1 Å². The number of nitrogens with zero attached hydrogens (tertiary/aromatic N) is 4. The summed E-state index contributed by atoms with van der Waals surface area (Å²) < 4.78 is 2.29. The predicted octanol–water partition coefficient (Wildman–Crippen LogP) is 8.76. The van der Waals surface area contributed by atoms with Crippen LogP contribution in [0, 0.1) is 32.6 Å². The van der Waals surface area contributed by atoms with Crippen LogP contribution in [0.15, 0.2) is 66.9 Å². The molecule has 0 saturated carbocycles. The Labute approximate surface area is 264 Å². The number of anilines is 2. The number of aromatic nitrogens is 2. The van der Waals surface area contributed by atoms with Gasteiger partial charge in [-0.3, -0.25) is 4.98 Å². The van der Waals surface area contributed by atoms with E-state index in [1.807, 2.05) is 30.5 Å². The molecule has 8 heteroatoms. The van der Waals surface area contributed by atoms with Gasteiger partial charge in [-0.1, -0.05) is 49.2 Å². The monoisotopic (exact) mass is 617 g/mol. The average molecular weight is 619 g/mol. The number of hydrogen-bond donors (Lipinski definition) is 1. The summed E-state index contributed by atoms with van der Waals surface area (Å²) in [5.41, 5.74) is 8.57. The molecular formula is C34H37Cl2N5S. The van der Waals surface area contributed by atoms with Crippen LogP contribution < -0.4 is 15.1 Å². The Bertz CT molecular complexity index is 1620. The number of rotatable bonds is 5. The Morgan fingerprint density at radius 2 is 1.64 bits per heavy atom. The lowest BCUT2D eigenvalue weighted by Gasteiger charge is -2.37. The van der Waals surface area contributed by atoms with E-state index in [1.165, 1.54) is 12.0 Å². The quantitative estimate of drug-likeness (QED) is 0.226. The number of thiocarbonyl (C=S) groups is 1. The number of benzene rings is 2. The summed E-state index contributed by atoms with van der Waals surface area (Å²) in [6.07, 6.45) is 3.09. The van der Waals surface area contributed by atoms with Crippen LogP contribution in [-0.2, 0) is 0 Å². The van der Waals surface area contributed by atoms with Crippen LogP contribution in [0.2, 0.25) is 10.0 Å². The largest absolute Gasteiger partial charge is 0.370 e. The van der Waals surface area contributed by atoms with Crippen molar-refractivity contribution in [3.63, 3.8) is 0 Å². The first-order chi connectivity index (χ1) is 20.1. The van der Waals surface area contributed by atoms with Crippen LogP contribution in [0.4, 0.5) is 11.4 Å². The summed E-state index contributed by atoms with van der Waals surface area (Å²) >= 11 is 19.6. The predicted molar refractivity (Wildman–Crippen MR) is 180 cm³/mol. The Kier molecular flexibility index (Phi) is 7.99. The highest BCUT2D eigenvalue weighted by Gasteiger charge is 2.42. The molecule has 0 amide bonds. The van der Waals surface area contributed by atoms with E-state index in [-0.39, 0.29) is 12.1 Å². The van der Waals surface area contributed by atoms with E-state index in [0.29, 0.717) is 16.9 Å². The zero-order valence-corrected chi connectivity index (χ0v) is 27.1. The SMILES string of the molecule is Cc1c(Cl)cccc1-n1c(C)cc([C@H]2[C@H](c3ccccn3)NC(=S)N2c2ccc(N3C[C@H](C)C[C@H](C)C3)c(Cl)c2)c1C. The molecule has 0 bridgehead atoms. The minimum Gasteiger partial charge on any atom is -0.370 e. The van der Waals surface area contributed by atoms with Crippen molar-refractivity contribution in [3.8, 4) is 5.69 Å². The van der Waals surface area contributed by atoms with Gasteiger partial charge >= 0.3 is 0 Å². The maximum atomic E-state index is 7.04. The Morgan fingerprint density at radius 1 is 0.881 bits per heavy atom. The molecule has 0 spiro atoms. The Morgan fingerprint density at radius 3 is 2.33 bits per heavy atom. The maximum absolute atomic E-state index is 7.04. The molecule has 1 N–H and O–H groups in total. The lowest BCUT2D eigenvalue weighted by Crippen LogP contribution is -2.38. The van der Waals surface area contributed by atoms with Crippen molar-refractivity contribution in [2.24, 2.45) is 11.8 Å². The van der Waals surface area contributed by atoms with Crippen LogP contribution in [0.5, 0.6) is 0 Å². The molecule has 6 rings (SSSR count). The molecule has 4 atom stereocenters. The molecule has 42 heavy (non-hydrogen) atoms. The molecule has 2 fully saturated rings. The zero-order valence-electron chi connectivity index (χ0n) is 24.7. The lowest BCUT2D eigenvalue weighted by molar-refractivity contribution is 0.357. The number of halogens is 2. The molecule has 4 heterocycles. The summed E-state index contributed by atoms with van der Waals surface area (Å²) in [5.74, 6) is 1.28. The van der Waals surface area contributed by atoms with Gasteiger partial charge in [0.15, 0.2) is 5.11 Å². The van der Waals surface area contributed by atoms with Gasteiger partial charge in [0.25, 0.3) is 0 Å². The first-order valence-corrected chi connectivity index (χ1v) is 15.8. The molecule has 2 aromatic carbocycles. The van der Waals surface area contributed by atoms with Crippen molar-refractivity contribution in [1.82, 2.24) is 14.9 Å². The third-order valence-electron chi connectivity index (χ3n) is 8.79. The van der Waals surface area contributed by atoms with Gasteiger partial charge in [-0.05, 0) is 111 Å². The molecule has 5 nitrogen and oxygen atoms in total. The third kappa shape index (κ3) is 5.18. The minimum absolute atomic E-state index is 0.135. The van der Waals surface area contributed by atoms with Crippen LogP contribution in [0.1, 0.15) is 60.6 Å². The van der Waals surface area contributed by atoms with E-state index in [2.05, 4.69) is 90.7 Å². The second-order valence-electron chi connectivity index (χ2n) is 12.0. The topological polar surface area (TPSA) is 36.3 Å². The van der Waals surface area contributed by atoms with E-state index in [4.69, 9.17) is 40.4 Å². The van der Waals surface area contributed by atoms with E-state index >= 15 is 0 Å². The van der Waals surface area contributed by atoms with Crippen molar-refractivity contribution in [2.45, 2.75) is 53.1 Å². The van der Waals surface area contributed by atoms with Gasteiger partial charge in [-0.15, -0.1) is 0 Å². The Hall–Kier alpha value is -3.06. The highest BCUT2D eigenvalue weighted by Crippen LogP contribution is 2.45. The van der Waals surface area contributed by atoms with Crippen molar-refractivity contribution in [2.75, 3.05) is 22.9 Å². The number of hydrogen-bond acceptors (Lipinski definition) is 3. The van der Waals surface area contributed by atoms with E-state index in [0.717, 1.165) is 62.8 Å². The van der Waals surface area contributed by atoms with Crippen molar-refractivity contribution in [1.29, 1.82) is 0 Å². The van der Waals surface area contributed by atoms with Gasteiger partial charge in [0.05, 0.1) is 28.5 Å². The molecular weight excluding hydrogens is 581 g/mol. The number of pyridine rings is 1. The highest BCUT2D eigenvalue weighted by molar-refractivity contribution is 7.80. The van der Waals surface area contributed by atoms with Gasteiger partial charge in [0.2, 0.25) is 0 Å². The van der Waals surface area contributed by atoms with Crippen LogP contribution in [0.25, 0.3) is 5.69 Å². The van der Waals surface area contributed by atoms with Gasteiger partial charge in [0.1, 0.15) is 0 Å². The molecule has 0 radical (unpaired) electrons. The first-order valence-electron chi connectivity index (χ1n) is 14.6. The van der Waals surface area contributed by atoms with E-state index < -0.39 is 0 Å².